The van der Waals surface area contributed by atoms with Crippen LogP contribution < -0.4 is 0 Å². The first-order valence-electron chi connectivity index (χ1n) is 8.76. The predicted octanol–water partition coefficient (Wildman–Crippen LogP) is 2.88. The summed E-state index contributed by atoms with van der Waals surface area (Å²) < 4.78 is 22.0. The molecule has 1 aliphatic carbocycles. The predicted molar refractivity (Wildman–Crippen MR) is 91.0 cm³/mol. The maximum Gasteiger partial charge on any atom is 0.163 e. The highest BCUT2D eigenvalue weighted by Crippen LogP contribution is 2.29. The molecule has 4 rings (SSSR count). The molecule has 2 aliphatic heterocycles. The number of benzene rings is 1. The fourth-order valence-corrected chi connectivity index (χ4v) is 2.83. The molecule has 1 aromatic carbocycles. The van der Waals surface area contributed by atoms with Crippen LogP contribution in [0.3, 0.4) is 0 Å². The summed E-state index contributed by atoms with van der Waals surface area (Å²) in [7, 11) is 0. The molecule has 5 nitrogen and oxygen atoms in total. The zero-order valence-corrected chi connectivity index (χ0v) is 14.1. The number of carbonyl (C=O) groups excluding carboxylic acids is 1. The molecule has 132 valence electrons. The van der Waals surface area contributed by atoms with E-state index in [0.717, 1.165) is 30.3 Å². The van der Waals surface area contributed by atoms with Crippen LogP contribution in [0, 0.1) is 5.92 Å². The van der Waals surface area contributed by atoms with Gasteiger partial charge in [0.25, 0.3) is 0 Å². The summed E-state index contributed by atoms with van der Waals surface area (Å²) in [4.78, 5) is 12.5. The fraction of sp³-hybridized carbons (Fsp3) is 0.450. The molecule has 0 amide bonds. The van der Waals surface area contributed by atoms with E-state index in [1.807, 2.05) is 42.5 Å². The van der Waals surface area contributed by atoms with E-state index in [9.17, 15) is 4.79 Å². The number of allylic oxidation sites excluding steroid dienone is 3. The van der Waals surface area contributed by atoms with Gasteiger partial charge in [0.1, 0.15) is 36.9 Å². The summed E-state index contributed by atoms with van der Waals surface area (Å²) >= 11 is 0. The highest BCUT2D eigenvalue weighted by Gasteiger charge is 2.27. The van der Waals surface area contributed by atoms with Gasteiger partial charge in [-0.15, -0.1) is 0 Å². The molecule has 2 fully saturated rings. The third-order valence-electron chi connectivity index (χ3n) is 4.41. The Morgan fingerprint density at radius 1 is 1.04 bits per heavy atom. The lowest BCUT2D eigenvalue weighted by Crippen LogP contribution is -2.15. The van der Waals surface area contributed by atoms with Gasteiger partial charge in [-0.05, 0) is 12.0 Å². The van der Waals surface area contributed by atoms with Crippen molar-refractivity contribution in [2.24, 2.45) is 5.92 Å². The number of ketones is 1. The number of hydrogen-bond acceptors (Lipinski definition) is 5. The molecular formula is C20H22O5. The topological polar surface area (TPSA) is 60.6 Å². The van der Waals surface area contributed by atoms with Crippen LogP contribution in [-0.2, 0) is 18.9 Å². The Bertz CT molecular complexity index is 671. The SMILES string of the molecule is O=C(CC1C=C(OCC2CO2)C=C(OCC2CO2)C1)c1ccccc1. The van der Waals surface area contributed by atoms with Gasteiger partial charge in [0.05, 0.1) is 13.2 Å². The number of Topliss-reactive ketones (excluding diaryl/α,β-unsaturated/α-hetero) is 1. The second-order valence-electron chi connectivity index (χ2n) is 6.67. The van der Waals surface area contributed by atoms with E-state index in [0.29, 0.717) is 26.1 Å². The highest BCUT2D eigenvalue weighted by molar-refractivity contribution is 5.96. The molecule has 1 aromatic rings. The first-order chi connectivity index (χ1) is 12.3. The second kappa shape index (κ2) is 7.42. The van der Waals surface area contributed by atoms with E-state index in [4.69, 9.17) is 18.9 Å². The molecule has 3 unspecified atom stereocenters. The molecule has 0 bridgehead atoms. The quantitative estimate of drug-likeness (QED) is 0.510. The van der Waals surface area contributed by atoms with Crippen molar-refractivity contribution in [1.29, 1.82) is 0 Å². The molecule has 25 heavy (non-hydrogen) atoms. The highest BCUT2D eigenvalue weighted by atomic mass is 16.6. The van der Waals surface area contributed by atoms with Crippen LogP contribution in [0.4, 0.5) is 0 Å². The van der Waals surface area contributed by atoms with Gasteiger partial charge in [0, 0.05) is 24.5 Å². The number of rotatable bonds is 9. The zero-order valence-electron chi connectivity index (χ0n) is 14.1. The number of epoxide rings is 2. The Kier molecular flexibility index (Phi) is 4.85. The zero-order chi connectivity index (χ0) is 17.1. The lowest BCUT2D eigenvalue weighted by molar-refractivity contribution is 0.0959. The van der Waals surface area contributed by atoms with Gasteiger partial charge in [-0.3, -0.25) is 4.79 Å². The number of hydrogen-bond donors (Lipinski definition) is 0. The van der Waals surface area contributed by atoms with Gasteiger partial charge in [-0.2, -0.15) is 0 Å². The fourth-order valence-electron chi connectivity index (χ4n) is 2.83. The van der Waals surface area contributed by atoms with E-state index in [1.165, 1.54) is 0 Å². The number of carbonyl (C=O) groups is 1. The minimum absolute atomic E-state index is 0.0722. The van der Waals surface area contributed by atoms with E-state index in [1.54, 1.807) is 0 Å². The largest absolute Gasteiger partial charge is 0.495 e. The molecule has 0 saturated carbocycles. The van der Waals surface area contributed by atoms with Crippen LogP contribution in [-0.4, -0.2) is 44.4 Å². The van der Waals surface area contributed by atoms with E-state index in [2.05, 4.69) is 0 Å². The average Bonchev–Trinajstić information content (AvgIpc) is 3.54. The standard InChI is InChI=1S/C20H22O5/c21-20(15-4-2-1-3-5-15)8-14-6-16(22-10-18-12-24-18)9-17(7-14)23-11-19-13-25-19/h1-6,9,14,18-19H,7-8,10-13H2. The summed E-state index contributed by atoms with van der Waals surface area (Å²) in [6.45, 7) is 2.63. The molecule has 3 aliphatic rings. The Morgan fingerprint density at radius 3 is 2.40 bits per heavy atom. The van der Waals surface area contributed by atoms with Crippen LogP contribution in [0.5, 0.6) is 0 Å². The lowest BCUT2D eigenvalue weighted by atomic mass is 9.91. The third-order valence-corrected chi connectivity index (χ3v) is 4.41. The minimum atomic E-state index is 0.0722. The van der Waals surface area contributed by atoms with E-state index < -0.39 is 0 Å². The van der Waals surface area contributed by atoms with Gasteiger partial charge in [-0.25, -0.2) is 0 Å². The summed E-state index contributed by atoms with van der Waals surface area (Å²) in [6.07, 6.45) is 5.51. The third kappa shape index (κ3) is 4.94. The van der Waals surface area contributed by atoms with Crippen LogP contribution >= 0.6 is 0 Å². The van der Waals surface area contributed by atoms with Gasteiger partial charge >= 0.3 is 0 Å². The van der Waals surface area contributed by atoms with Crippen molar-refractivity contribution in [2.75, 3.05) is 26.4 Å². The van der Waals surface area contributed by atoms with E-state index >= 15 is 0 Å². The summed E-state index contributed by atoms with van der Waals surface area (Å²) in [5.41, 5.74) is 0.744. The second-order valence-corrected chi connectivity index (χ2v) is 6.67. The Hall–Kier alpha value is -2.11. The molecule has 0 spiro atoms. The van der Waals surface area contributed by atoms with Gasteiger partial charge < -0.3 is 18.9 Å². The van der Waals surface area contributed by atoms with Crippen molar-refractivity contribution in [3.63, 3.8) is 0 Å². The molecule has 2 saturated heterocycles. The van der Waals surface area contributed by atoms with Gasteiger partial charge in [0.2, 0.25) is 0 Å². The molecule has 0 N–H and O–H groups in total. The Labute approximate surface area is 147 Å². The van der Waals surface area contributed by atoms with Crippen molar-refractivity contribution < 1.29 is 23.7 Å². The molecular weight excluding hydrogens is 320 g/mol. The molecule has 0 radical (unpaired) electrons. The monoisotopic (exact) mass is 342 g/mol. The van der Waals surface area contributed by atoms with Crippen molar-refractivity contribution in [2.45, 2.75) is 25.0 Å². The van der Waals surface area contributed by atoms with Crippen molar-refractivity contribution in [1.82, 2.24) is 0 Å². The van der Waals surface area contributed by atoms with E-state index in [-0.39, 0.29) is 23.9 Å². The molecule has 3 atom stereocenters. The van der Waals surface area contributed by atoms with Crippen molar-refractivity contribution in [3.8, 4) is 0 Å². The number of ether oxygens (including phenoxy) is 4. The first kappa shape index (κ1) is 16.4. The Balaban J connectivity index is 1.40. The Morgan fingerprint density at radius 2 is 1.72 bits per heavy atom. The molecule has 2 heterocycles. The van der Waals surface area contributed by atoms with Crippen molar-refractivity contribution >= 4 is 5.78 Å². The van der Waals surface area contributed by atoms with Crippen LogP contribution in [0.2, 0.25) is 0 Å². The minimum Gasteiger partial charge on any atom is -0.495 e. The van der Waals surface area contributed by atoms with Crippen LogP contribution in [0.15, 0.2) is 54.0 Å². The average molecular weight is 342 g/mol. The van der Waals surface area contributed by atoms with Crippen LogP contribution in [0.1, 0.15) is 23.2 Å². The summed E-state index contributed by atoms with van der Waals surface area (Å²) in [5.74, 6) is 1.83. The normalized spacial score (nSPS) is 27.1. The van der Waals surface area contributed by atoms with Gasteiger partial charge in [-0.1, -0.05) is 30.3 Å². The smallest absolute Gasteiger partial charge is 0.163 e. The van der Waals surface area contributed by atoms with Crippen LogP contribution in [0.25, 0.3) is 0 Å². The molecule has 5 heteroatoms. The summed E-state index contributed by atoms with van der Waals surface area (Å²) in [6, 6.07) is 9.40. The maximum absolute atomic E-state index is 12.5. The van der Waals surface area contributed by atoms with Gasteiger partial charge in [0.15, 0.2) is 5.78 Å². The molecule has 0 aromatic heterocycles. The van der Waals surface area contributed by atoms with Crippen molar-refractivity contribution in [3.05, 3.63) is 59.6 Å². The summed E-state index contributed by atoms with van der Waals surface area (Å²) in [5, 5.41) is 0. The first-order valence-corrected chi connectivity index (χ1v) is 8.76. The maximum atomic E-state index is 12.5. The lowest BCUT2D eigenvalue weighted by Gasteiger charge is -2.22.